The molecule has 0 radical (unpaired) electrons. The topological polar surface area (TPSA) is 113 Å². The lowest BCUT2D eigenvalue weighted by molar-refractivity contribution is -0.384. The lowest BCUT2D eigenvalue weighted by Crippen LogP contribution is -2.32. The minimum atomic E-state index is -0.925. The first kappa shape index (κ1) is 23.4. The number of aliphatic hydroxyl groups is 1. The summed E-state index contributed by atoms with van der Waals surface area (Å²) >= 11 is 0. The quantitative estimate of drug-likeness (QED) is 0.219. The van der Waals surface area contributed by atoms with E-state index in [1.54, 1.807) is 24.3 Å². The maximum absolute atomic E-state index is 13.1. The number of fused-ring (bicyclic) bond motifs is 1. The second-order valence-corrected chi connectivity index (χ2v) is 8.96. The molecule has 2 aliphatic heterocycles. The van der Waals surface area contributed by atoms with Gasteiger partial charge < -0.3 is 19.6 Å². The van der Waals surface area contributed by atoms with Gasteiger partial charge in [-0.2, -0.15) is 0 Å². The number of likely N-dealkylation sites (tertiary alicyclic amines) is 1. The van der Waals surface area contributed by atoms with Crippen LogP contribution in [0.4, 0.5) is 5.69 Å². The SMILES string of the molecule is C[C@H]1Cc2cc(C(O)=C3C(=O)C(=O)N(CCCN(C)C)[C@@H]3c3cccc([N+](=O)[O-])c3)ccc2O1. The minimum absolute atomic E-state index is 0.0135. The van der Waals surface area contributed by atoms with Crippen LogP contribution < -0.4 is 4.74 Å². The molecule has 1 fully saturated rings. The highest BCUT2D eigenvalue weighted by Gasteiger charge is 2.46. The molecule has 4 rings (SSSR count). The maximum atomic E-state index is 13.1. The van der Waals surface area contributed by atoms with E-state index in [0.717, 1.165) is 11.3 Å². The molecule has 0 saturated carbocycles. The number of hydrogen-bond donors (Lipinski definition) is 1. The lowest BCUT2D eigenvalue weighted by atomic mass is 9.94. The fourth-order valence-electron chi connectivity index (χ4n) is 4.55. The summed E-state index contributed by atoms with van der Waals surface area (Å²) in [7, 11) is 3.81. The third kappa shape index (κ3) is 4.38. The van der Waals surface area contributed by atoms with Gasteiger partial charge in [-0.1, -0.05) is 12.1 Å². The Kier molecular flexibility index (Phi) is 6.39. The van der Waals surface area contributed by atoms with Crippen molar-refractivity contribution in [2.24, 2.45) is 0 Å². The first-order chi connectivity index (χ1) is 16.2. The normalized spacial score (nSPS) is 21.1. The second kappa shape index (κ2) is 9.26. The Bertz CT molecular complexity index is 1190. The maximum Gasteiger partial charge on any atom is 0.295 e. The molecule has 1 saturated heterocycles. The fraction of sp³-hybridized carbons (Fsp3) is 0.360. The summed E-state index contributed by atoms with van der Waals surface area (Å²) in [6, 6.07) is 10.1. The number of benzene rings is 2. The van der Waals surface area contributed by atoms with E-state index < -0.39 is 22.7 Å². The molecule has 178 valence electrons. The highest BCUT2D eigenvalue weighted by atomic mass is 16.6. The lowest BCUT2D eigenvalue weighted by Gasteiger charge is -2.25. The van der Waals surface area contributed by atoms with Crippen molar-refractivity contribution < 1.29 is 24.4 Å². The van der Waals surface area contributed by atoms with Crippen LogP contribution in [0.1, 0.15) is 36.1 Å². The van der Waals surface area contributed by atoms with Crippen LogP contribution in [0.5, 0.6) is 5.75 Å². The molecule has 2 heterocycles. The van der Waals surface area contributed by atoms with Crippen molar-refractivity contribution in [2.45, 2.75) is 31.9 Å². The molecule has 9 nitrogen and oxygen atoms in total. The Morgan fingerprint density at radius 2 is 2.00 bits per heavy atom. The summed E-state index contributed by atoms with van der Waals surface area (Å²) < 4.78 is 5.72. The molecule has 2 aromatic rings. The van der Waals surface area contributed by atoms with Gasteiger partial charge >= 0.3 is 0 Å². The predicted octanol–water partition coefficient (Wildman–Crippen LogP) is 3.29. The third-order valence-corrected chi connectivity index (χ3v) is 6.11. The van der Waals surface area contributed by atoms with Gasteiger partial charge in [0.15, 0.2) is 0 Å². The monoisotopic (exact) mass is 465 g/mol. The van der Waals surface area contributed by atoms with Gasteiger partial charge in [-0.25, -0.2) is 0 Å². The smallest absolute Gasteiger partial charge is 0.295 e. The molecule has 0 aliphatic carbocycles. The molecule has 2 aromatic carbocycles. The molecule has 1 N–H and O–H groups in total. The Labute approximate surface area is 197 Å². The number of nitro benzene ring substituents is 1. The minimum Gasteiger partial charge on any atom is -0.507 e. The molecule has 0 aromatic heterocycles. The number of carbonyl (C=O) groups is 2. The number of non-ortho nitro benzene ring substituents is 1. The van der Waals surface area contributed by atoms with Gasteiger partial charge in [0, 0.05) is 30.7 Å². The van der Waals surface area contributed by atoms with Crippen molar-refractivity contribution in [1.29, 1.82) is 0 Å². The van der Waals surface area contributed by atoms with Crippen molar-refractivity contribution in [3.8, 4) is 5.75 Å². The van der Waals surface area contributed by atoms with Crippen LogP contribution in [0.25, 0.3) is 5.76 Å². The Hall–Kier alpha value is -3.72. The number of amides is 1. The van der Waals surface area contributed by atoms with E-state index in [-0.39, 0.29) is 29.7 Å². The van der Waals surface area contributed by atoms with E-state index in [4.69, 9.17) is 4.74 Å². The molecule has 9 heteroatoms. The molecular formula is C25H27N3O6. The molecule has 0 spiro atoms. The number of carbonyl (C=O) groups excluding carboxylic acids is 2. The summed E-state index contributed by atoms with van der Waals surface area (Å²) in [6.07, 6.45) is 1.28. The van der Waals surface area contributed by atoms with Gasteiger partial charge in [-0.3, -0.25) is 19.7 Å². The van der Waals surface area contributed by atoms with Crippen LogP contribution >= 0.6 is 0 Å². The number of nitrogens with zero attached hydrogens (tertiary/aromatic N) is 3. The molecule has 2 aliphatic rings. The van der Waals surface area contributed by atoms with E-state index >= 15 is 0 Å². The molecule has 1 amide bonds. The van der Waals surface area contributed by atoms with Gasteiger partial charge in [-0.05, 0) is 63.3 Å². The number of rotatable bonds is 7. The Morgan fingerprint density at radius 1 is 1.24 bits per heavy atom. The van der Waals surface area contributed by atoms with E-state index in [9.17, 15) is 24.8 Å². The molecule has 2 atom stereocenters. The number of hydrogen-bond acceptors (Lipinski definition) is 7. The van der Waals surface area contributed by atoms with Crippen LogP contribution in [0.3, 0.4) is 0 Å². The predicted molar refractivity (Wildman–Crippen MR) is 126 cm³/mol. The van der Waals surface area contributed by atoms with Gasteiger partial charge in [0.25, 0.3) is 17.4 Å². The highest BCUT2D eigenvalue weighted by molar-refractivity contribution is 6.46. The average Bonchev–Trinajstić information content (AvgIpc) is 3.29. The van der Waals surface area contributed by atoms with Crippen molar-refractivity contribution >= 4 is 23.1 Å². The third-order valence-electron chi connectivity index (χ3n) is 6.11. The first-order valence-corrected chi connectivity index (χ1v) is 11.1. The zero-order valence-electron chi connectivity index (χ0n) is 19.4. The van der Waals surface area contributed by atoms with Crippen LogP contribution in [0.15, 0.2) is 48.0 Å². The van der Waals surface area contributed by atoms with Crippen LogP contribution in [0, 0.1) is 10.1 Å². The second-order valence-electron chi connectivity index (χ2n) is 8.96. The molecule has 34 heavy (non-hydrogen) atoms. The summed E-state index contributed by atoms with van der Waals surface area (Å²) in [5.41, 5.74) is 1.49. The molecular weight excluding hydrogens is 438 g/mol. The van der Waals surface area contributed by atoms with Gasteiger partial charge in [0.05, 0.1) is 16.5 Å². The summed E-state index contributed by atoms with van der Waals surface area (Å²) in [5, 5.41) is 22.6. The fourth-order valence-corrected chi connectivity index (χ4v) is 4.55. The van der Waals surface area contributed by atoms with Crippen LogP contribution in [-0.2, 0) is 16.0 Å². The molecule has 0 unspecified atom stereocenters. The van der Waals surface area contributed by atoms with Crippen molar-refractivity contribution in [3.05, 3.63) is 74.8 Å². The Balaban J connectivity index is 1.81. The van der Waals surface area contributed by atoms with E-state index in [0.29, 0.717) is 30.5 Å². The van der Waals surface area contributed by atoms with Crippen molar-refractivity contribution in [3.63, 3.8) is 0 Å². The Morgan fingerprint density at radius 3 is 2.71 bits per heavy atom. The largest absolute Gasteiger partial charge is 0.507 e. The van der Waals surface area contributed by atoms with Gasteiger partial charge in [-0.15, -0.1) is 0 Å². The zero-order valence-corrected chi connectivity index (χ0v) is 19.4. The van der Waals surface area contributed by atoms with Crippen LogP contribution in [0.2, 0.25) is 0 Å². The van der Waals surface area contributed by atoms with Crippen LogP contribution in [-0.4, -0.2) is 64.8 Å². The number of ether oxygens (including phenoxy) is 1. The van der Waals surface area contributed by atoms with E-state index in [2.05, 4.69) is 0 Å². The van der Waals surface area contributed by atoms with E-state index in [1.807, 2.05) is 25.9 Å². The standard InChI is InChI=1S/C25H27N3O6/c1-15-12-18-13-17(8-9-20(18)34-15)23(29)21-22(16-6-4-7-19(14-16)28(32)33)27(25(31)24(21)30)11-5-10-26(2)3/h4,6-9,13-15,22,29H,5,10-12H2,1-3H3/t15-,22+/m0/s1. The number of aliphatic hydroxyl groups excluding tert-OH is 1. The van der Waals surface area contributed by atoms with E-state index in [1.165, 1.54) is 23.1 Å². The first-order valence-electron chi connectivity index (χ1n) is 11.1. The van der Waals surface area contributed by atoms with Crippen molar-refractivity contribution in [1.82, 2.24) is 9.80 Å². The highest BCUT2D eigenvalue weighted by Crippen LogP contribution is 2.41. The summed E-state index contributed by atoms with van der Waals surface area (Å²) in [6.45, 7) is 2.90. The summed E-state index contributed by atoms with van der Waals surface area (Å²) in [4.78, 5) is 40.4. The van der Waals surface area contributed by atoms with Crippen molar-refractivity contribution in [2.75, 3.05) is 27.2 Å². The average molecular weight is 466 g/mol. The number of ketones is 1. The summed E-state index contributed by atoms with van der Waals surface area (Å²) in [5.74, 6) is -1.10. The number of nitro groups is 1. The zero-order chi connectivity index (χ0) is 24.6. The van der Waals surface area contributed by atoms with Gasteiger partial charge in [0.2, 0.25) is 0 Å². The molecule has 0 bridgehead atoms. The number of Topliss-reactive ketones (excluding diaryl/α,β-unsaturated/α-hetero) is 1. The van der Waals surface area contributed by atoms with Gasteiger partial charge in [0.1, 0.15) is 17.6 Å².